The largest absolute Gasteiger partial charge is 0.277 e. The predicted molar refractivity (Wildman–Crippen MR) is 61.7 cm³/mol. The van der Waals surface area contributed by atoms with Gasteiger partial charge in [-0.15, -0.1) is 0 Å². The molecule has 0 spiro atoms. The van der Waals surface area contributed by atoms with Crippen LogP contribution in [0.2, 0.25) is 0 Å². The average molecular weight is 193 g/mol. The molecule has 3 heteroatoms. The maximum absolute atomic E-state index is 4.54. The van der Waals surface area contributed by atoms with Crippen molar-refractivity contribution in [1.82, 2.24) is 5.01 Å². The summed E-state index contributed by atoms with van der Waals surface area (Å²) in [6.45, 7) is 8.58. The molecule has 0 radical (unpaired) electrons. The summed E-state index contributed by atoms with van der Waals surface area (Å²) in [5.74, 6) is 0. The number of rotatable bonds is 1. The Labute approximate surface area is 86.2 Å². The molecule has 0 bridgehead atoms. The highest BCUT2D eigenvalue weighted by atomic mass is 15.5. The van der Waals surface area contributed by atoms with Crippen molar-refractivity contribution in [2.24, 2.45) is 15.5 Å². The number of nitrogens with zero attached hydrogens (tertiary/aromatic N) is 3. The van der Waals surface area contributed by atoms with Crippen molar-refractivity contribution >= 4 is 12.1 Å². The van der Waals surface area contributed by atoms with E-state index in [9.17, 15) is 0 Å². The zero-order chi connectivity index (χ0) is 10.8. The van der Waals surface area contributed by atoms with Crippen molar-refractivity contribution in [3.8, 4) is 0 Å². The molecular weight excluding hydrogens is 174 g/mol. The summed E-state index contributed by atoms with van der Waals surface area (Å²) >= 11 is 0. The molecule has 0 aromatic rings. The van der Waals surface area contributed by atoms with E-state index < -0.39 is 0 Å². The Bertz CT molecular complexity index is 281. The Morgan fingerprint density at radius 1 is 1.50 bits per heavy atom. The van der Waals surface area contributed by atoms with Crippen LogP contribution in [0.25, 0.3) is 0 Å². The molecule has 14 heavy (non-hydrogen) atoms. The van der Waals surface area contributed by atoms with Crippen LogP contribution in [0.5, 0.6) is 0 Å². The zero-order valence-electron chi connectivity index (χ0n) is 9.65. The molecule has 1 heterocycles. The SMILES string of the molecule is C/N=C\N1N=C(C(C)(C)C)C=CC1C. The lowest BCUT2D eigenvalue weighted by Crippen LogP contribution is -2.33. The van der Waals surface area contributed by atoms with E-state index in [-0.39, 0.29) is 5.41 Å². The van der Waals surface area contributed by atoms with Gasteiger partial charge in [0.1, 0.15) is 6.34 Å². The van der Waals surface area contributed by atoms with Crippen LogP contribution in [-0.2, 0) is 0 Å². The lowest BCUT2D eigenvalue weighted by atomic mass is 9.89. The van der Waals surface area contributed by atoms with Crippen molar-refractivity contribution in [3.63, 3.8) is 0 Å². The maximum atomic E-state index is 4.54. The first-order chi connectivity index (χ1) is 6.45. The molecule has 1 atom stereocenters. The van der Waals surface area contributed by atoms with Gasteiger partial charge in [0.25, 0.3) is 0 Å². The summed E-state index contributed by atoms with van der Waals surface area (Å²) in [7, 11) is 1.76. The van der Waals surface area contributed by atoms with E-state index in [1.807, 2.05) is 5.01 Å². The first kappa shape index (κ1) is 11.0. The van der Waals surface area contributed by atoms with Gasteiger partial charge in [0, 0.05) is 12.5 Å². The Morgan fingerprint density at radius 2 is 2.14 bits per heavy atom. The molecule has 0 aromatic heterocycles. The molecule has 1 aliphatic rings. The molecule has 1 rings (SSSR count). The Balaban J connectivity index is 2.91. The van der Waals surface area contributed by atoms with Crippen molar-refractivity contribution < 1.29 is 0 Å². The molecule has 0 fully saturated rings. The average Bonchev–Trinajstić information content (AvgIpc) is 2.07. The van der Waals surface area contributed by atoms with E-state index in [1.54, 1.807) is 13.4 Å². The molecule has 1 unspecified atom stereocenters. The van der Waals surface area contributed by atoms with Gasteiger partial charge in [0.2, 0.25) is 0 Å². The van der Waals surface area contributed by atoms with Crippen LogP contribution < -0.4 is 0 Å². The molecule has 0 saturated heterocycles. The van der Waals surface area contributed by atoms with Crippen molar-refractivity contribution in [2.45, 2.75) is 33.7 Å². The number of aliphatic imine (C=N–C) groups is 1. The monoisotopic (exact) mass is 193 g/mol. The molecule has 0 amide bonds. The van der Waals surface area contributed by atoms with E-state index >= 15 is 0 Å². The second-order valence-corrected chi connectivity index (χ2v) is 4.59. The van der Waals surface area contributed by atoms with Crippen LogP contribution in [0.15, 0.2) is 22.2 Å². The summed E-state index contributed by atoms with van der Waals surface area (Å²) in [6, 6.07) is 0.296. The minimum atomic E-state index is 0.0937. The minimum Gasteiger partial charge on any atom is -0.277 e. The smallest absolute Gasteiger partial charge is 0.106 e. The fourth-order valence-electron chi connectivity index (χ4n) is 1.22. The normalized spacial score (nSPS) is 23.1. The Morgan fingerprint density at radius 3 is 2.64 bits per heavy atom. The second-order valence-electron chi connectivity index (χ2n) is 4.59. The molecule has 3 nitrogen and oxygen atoms in total. The van der Waals surface area contributed by atoms with E-state index in [0.717, 1.165) is 5.71 Å². The van der Waals surface area contributed by atoms with Gasteiger partial charge in [-0.25, -0.2) is 5.01 Å². The summed E-state index contributed by atoms with van der Waals surface area (Å²) in [4.78, 5) is 3.99. The summed E-state index contributed by atoms with van der Waals surface area (Å²) in [5.41, 5.74) is 1.19. The first-order valence-electron chi connectivity index (χ1n) is 4.93. The fraction of sp³-hybridized carbons (Fsp3) is 0.636. The van der Waals surface area contributed by atoms with Gasteiger partial charge in [-0.05, 0) is 13.0 Å². The zero-order valence-corrected chi connectivity index (χ0v) is 9.65. The molecule has 0 N–H and O–H groups in total. The van der Waals surface area contributed by atoms with Crippen LogP contribution >= 0.6 is 0 Å². The van der Waals surface area contributed by atoms with Gasteiger partial charge in [0.15, 0.2) is 0 Å². The Hall–Kier alpha value is -1.12. The third kappa shape index (κ3) is 2.44. The van der Waals surface area contributed by atoms with E-state index in [1.165, 1.54) is 0 Å². The van der Waals surface area contributed by atoms with E-state index in [0.29, 0.717) is 6.04 Å². The predicted octanol–water partition coefficient (Wildman–Crippen LogP) is 2.31. The maximum Gasteiger partial charge on any atom is 0.106 e. The first-order valence-corrected chi connectivity index (χ1v) is 4.93. The van der Waals surface area contributed by atoms with Crippen LogP contribution in [0.4, 0.5) is 0 Å². The number of hydrogen-bond donors (Lipinski definition) is 0. The molecule has 0 saturated carbocycles. The highest BCUT2D eigenvalue weighted by molar-refractivity contribution is 5.99. The number of hydrazone groups is 1. The summed E-state index contributed by atoms with van der Waals surface area (Å²) in [5, 5.41) is 6.43. The third-order valence-corrected chi connectivity index (χ3v) is 2.18. The minimum absolute atomic E-state index is 0.0937. The standard InChI is InChI=1S/C11H19N3/c1-9-6-7-10(11(2,3)4)13-14(9)8-12-5/h6-9H,1-5H3/b12-8-. The summed E-state index contributed by atoms with van der Waals surface area (Å²) in [6.07, 6.45) is 6.01. The molecule has 0 aromatic carbocycles. The second kappa shape index (κ2) is 3.95. The van der Waals surface area contributed by atoms with Crippen LogP contribution in [0.1, 0.15) is 27.7 Å². The van der Waals surface area contributed by atoms with Gasteiger partial charge in [-0.3, -0.25) is 4.99 Å². The van der Waals surface area contributed by atoms with Gasteiger partial charge in [-0.2, -0.15) is 5.10 Å². The Kier molecular flexibility index (Phi) is 3.09. The molecule has 1 aliphatic heterocycles. The third-order valence-electron chi connectivity index (χ3n) is 2.18. The summed E-state index contributed by atoms with van der Waals surface area (Å²) < 4.78 is 0. The topological polar surface area (TPSA) is 28.0 Å². The van der Waals surface area contributed by atoms with E-state index in [2.05, 4.69) is 49.9 Å². The van der Waals surface area contributed by atoms with E-state index in [4.69, 9.17) is 0 Å². The van der Waals surface area contributed by atoms with Crippen molar-refractivity contribution in [2.75, 3.05) is 7.05 Å². The van der Waals surface area contributed by atoms with Gasteiger partial charge >= 0.3 is 0 Å². The van der Waals surface area contributed by atoms with Crippen molar-refractivity contribution in [1.29, 1.82) is 0 Å². The number of hydrogen-bond acceptors (Lipinski definition) is 2. The van der Waals surface area contributed by atoms with Crippen LogP contribution in [0, 0.1) is 5.41 Å². The highest BCUT2D eigenvalue weighted by Crippen LogP contribution is 2.21. The van der Waals surface area contributed by atoms with Crippen molar-refractivity contribution in [3.05, 3.63) is 12.2 Å². The van der Waals surface area contributed by atoms with Gasteiger partial charge < -0.3 is 0 Å². The highest BCUT2D eigenvalue weighted by Gasteiger charge is 2.21. The molecular formula is C11H19N3. The van der Waals surface area contributed by atoms with Crippen LogP contribution in [0.3, 0.4) is 0 Å². The molecule has 78 valence electrons. The lowest BCUT2D eigenvalue weighted by Gasteiger charge is -2.28. The van der Waals surface area contributed by atoms with Crippen LogP contribution in [-0.4, -0.2) is 30.1 Å². The number of allylic oxidation sites excluding steroid dienone is 1. The quantitative estimate of drug-likeness (QED) is 0.464. The van der Waals surface area contributed by atoms with Gasteiger partial charge in [0.05, 0.1) is 11.8 Å². The lowest BCUT2D eigenvalue weighted by molar-refractivity contribution is 0.395. The van der Waals surface area contributed by atoms with Gasteiger partial charge in [-0.1, -0.05) is 26.8 Å². The fourth-order valence-corrected chi connectivity index (χ4v) is 1.22. The molecule has 0 aliphatic carbocycles.